The Balaban J connectivity index is 1.59. The van der Waals surface area contributed by atoms with E-state index in [4.69, 9.17) is 16.3 Å². The van der Waals surface area contributed by atoms with Crippen molar-refractivity contribution >= 4 is 17.4 Å². The van der Waals surface area contributed by atoms with Crippen molar-refractivity contribution in [2.45, 2.75) is 50.6 Å². The number of hydrogen-bond donors (Lipinski definition) is 0. The van der Waals surface area contributed by atoms with Crippen molar-refractivity contribution in [3.63, 3.8) is 0 Å². The maximum atomic E-state index is 14.3. The van der Waals surface area contributed by atoms with Gasteiger partial charge in [-0.1, -0.05) is 29.8 Å². The second kappa shape index (κ2) is 12.4. The number of alkyl halides is 3. The fourth-order valence-electron chi connectivity index (χ4n) is 5.67. The van der Waals surface area contributed by atoms with Crippen molar-refractivity contribution in [1.82, 2.24) is 14.7 Å². The zero-order valence-corrected chi connectivity index (χ0v) is 22.4. The average Bonchev–Trinajstić information content (AvgIpc) is 3.29. The molecular weight excluding hydrogens is 522 g/mol. The van der Waals surface area contributed by atoms with Crippen LogP contribution in [0.1, 0.15) is 42.4 Å². The van der Waals surface area contributed by atoms with Gasteiger partial charge >= 0.3 is 6.18 Å². The fraction of sp³-hybridized carbons (Fsp3) is 0.536. The predicted molar refractivity (Wildman–Crippen MR) is 139 cm³/mol. The summed E-state index contributed by atoms with van der Waals surface area (Å²) in [6.45, 7) is 6.18. The molecule has 0 aromatic heterocycles. The number of carbonyl (C=O) groups is 1. The molecule has 3 atom stereocenters. The molecule has 2 aliphatic rings. The normalized spacial score (nSPS) is 22.2. The first-order valence-corrected chi connectivity index (χ1v) is 13.3. The first kappa shape index (κ1) is 29.0. The Labute approximate surface area is 226 Å². The number of Topliss-reactive ketones (excluding diaryl/α,β-unsaturated/α-hetero) is 1. The zero-order valence-electron chi connectivity index (χ0n) is 21.7. The molecule has 0 N–H and O–H groups in total. The summed E-state index contributed by atoms with van der Waals surface area (Å²) in [5.74, 6) is -1.05. The highest BCUT2D eigenvalue weighted by atomic mass is 35.5. The summed E-state index contributed by atoms with van der Waals surface area (Å²) in [4.78, 5) is 18.7. The van der Waals surface area contributed by atoms with E-state index in [0.29, 0.717) is 49.7 Å². The van der Waals surface area contributed by atoms with Gasteiger partial charge in [-0.05, 0) is 55.8 Å². The summed E-state index contributed by atoms with van der Waals surface area (Å²) >= 11 is 6.33. The van der Waals surface area contributed by atoms with E-state index in [1.807, 2.05) is 31.3 Å². The molecule has 208 valence electrons. The molecule has 4 rings (SSSR count). The molecule has 10 heteroatoms. The van der Waals surface area contributed by atoms with Crippen molar-refractivity contribution in [2.75, 3.05) is 46.4 Å². The molecule has 2 saturated heterocycles. The molecule has 2 fully saturated rings. The minimum Gasteiger partial charge on any atom is -0.379 e. The van der Waals surface area contributed by atoms with Crippen LogP contribution >= 0.6 is 11.6 Å². The van der Waals surface area contributed by atoms with Gasteiger partial charge < -0.3 is 9.53 Å². The van der Waals surface area contributed by atoms with Crippen molar-refractivity contribution < 1.29 is 27.1 Å². The minimum absolute atomic E-state index is 0.000288. The van der Waals surface area contributed by atoms with Gasteiger partial charge in [0.2, 0.25) is 0 Å². The number of carbonyl (C=O) groups excluding carboxylic acids is 1. The van der Waals surface area contributed by atoms with Crippen molar-refractivity contribution in [2.24, 2.45) is 0 Å². The van der Waals surface area contributed by atoms with Gasteiger partial charge in [0.25, 0.3) is 0 Å². The Morgan fingerprint density at radius 1 is 1.13 bits per heavy atom. The molecule has 0 bridgehead atoms. The largest absolute Gasteiger partial charge is 0.419 e. The summed E-state index contributed by atoms with van der Waals surface area (Å²) in [5, 5.41) is 0.633. The lowest BCUT2D eigenvalue weighted by molar-refractivity contribution is -0.140. The lowest BCUT2D eigenvalue weighted by Crippen LogP contribution is -2.52. The van der Waals surface area contributed by atoms with Gasteiger partial charge in [0.1, 0.15) is 11.6 Å². The van der Waals surface area contributed by atoms with Gasteiger partial charge in [-0.15, -0.1) is 0 Å². The van der Waals surface area contributed by atoms with Gasteiger partial charge in [-0.25, -0.2) is 4.39 Å². The molecule has 0 amide bonds. The number of halogens is 5. The number of morpholine rings is 1. The lowest BCUT2D eigenvalue weighted by Gasteiger charge is -2.40. The SMILES string of the molecule is CC(=O)CCC(N1CCOCC1)N1C[C@H](c2cccc(Cl)c2)[C@H](N(C)Cc2ccc(C(F)(F)F)c(F)c2)C1. The van der Waals surface area contributed by atoms with Gasteiger partial charge in [0.15, 0.2) is 0 Å². The van der Waals surface area contributed by atoms with Crippen LogP contribution < -0.4 is 0 Å². The molecule has 0 spiro atoms. The molecule has 2 aliphatic heterocycles. The Morgan fingerprint density at radius 3 is 2.50 bits per heavy atom. The highest BCUT2D eigenvalue weighted by molar-refractivity contribution is 6.30. The predicted octanol–water partition coefficient (Wildman–Crippen LogP) is 5.43. The summed E-state index contributed by atoms with van der Waals surface area (Å²) in [6.07, 6.45) is -3.48. The van der Waals surface area contributed by atoms with Crippen molar-refractivity contribution in [1.29, 1.82) is 0 Å². The van der Waals surface area contributed by atoms with Crippen LogP contribution in [0.25, 0.3) is 0 Å². The maximum absolute atomic E-state index is 14.3. The van der Waals surface area contributed by atoms with Gasteiger partial charge in [-0.3, -0.25) is 14.7 Å². The number of likely N-dealkylation sites (tertiary alicyclic amines) is 1. The van der Waals surface area contributed by atoms with Crippen LogP contribution in [0.2, 0.25) is 5.02 Å². The lowest BCUT2D eigenvalue weighted by atomic mass is 9.93. The highest BCUT2D eigenvalue weighted by Crippen LogP contribution is 2.36. The van der Waals surface area contributed by atoms with E-state index in [-0.39, 0.29) is 23.9 Å². The quantitative estimate of drug-likeness (QED) is 0.386. The smallest absolute Gasteiger partial charge is 0.379 e. The van der Waals surface area contributed by atoms with E-state index in [9.17, 15) is 22.4 Å². The molecule has 2 heterocycles. The molecule has 2 aromatic carbocycles. The third kappa shape index (κ3) is 7.12. The molecule has 38 heavy (non-hydrogen) atoms. The minimum atomic E-state index is -4.73. The third-order valence-corrected chi connectivity index (χ3v) is 7.81. The zero-order chi connectivity index (χ0) is 27.4. The number of rotatable bonds is 9. The van der Waals surface area contributed by atoms with E-state index in [0.717, 1.165) is 37.3 Å². The monoisotopic (exact) mass is 555 g/mol. The van der Waals surface area contributed by atoms with Gasteiger partial charge in [0, 0.05) is 56.1 Å². The second-order valence-electron chi connectivity index (χ2n) is 10.3. The second-order valence-corrected chi connectivity index (χ2v) is 10.7. The van der Waals surface area contributed by atoms with E-state index < -0.39 is 17.6 Å². The highest BCUT2D eigenvalue weighted by Gasteiger charge is 2.41. The molecule has 2 aromatic rings. The van der Waals surface area contributed by atoms with Gasteiger partial charge in [0.05, 0.1) is 24.9 Å². The Bertz CT molecular complexity index is 1110. The van der Waals surface area contributed by atoms with E-state index in [1.54, 1.807) is 6.92 Å². The van der Waals surface area contributed by atoms with Crippen LogP contribution in [-0.2, 0) is 22.3 Å². The maximum Gasteiger partial charge on any atom is 0.419 e. The average molecular weight is 556 g/mol. The van der Waals surface area contributed by atoms with Crippen LogP contribution in [0, 0.1) is 5.82 Å². The van der Waals surface area contributed by atoms with Crippen LogP contribution in [0.4, 0.5) is 17.6 Å². The van der Waals surface area contributed by atoms with Crippen LogP contribution in [0.15, 0.2) is 42.5 Å². The number of benzene rings is 2. The molecule has 0 radical (unpaired) electrons. The van der Waals surface area contributed by atoms with Crippen LogP contribution in [-0.4, -0.2) is 79.1 Å². The van der Waals surface area contributed by atoms with Gasteiger partial charge in [-0.2, -0.15) is 13.2 Å². The first-order valence-electron chi connectivity index (χ1n) is 12.9. The Kier molecular flexibility index (Phi) is 9.47. The van der Waals surface area contributed by atoms with E-state index in [1.165, 1.54) is 6.07 Å². The summed E-state index contributed by atoms with van der Waals surface area (Å²) < 4.78 is 59.0. The number of ether oxygens (including phenoxy) is 1. The van der Waals surface area contributed by atoms with Crippen molar-refractivity contribution in [3.05, 3.63) is 70.0 Å². The number of nitrogens with zero attached hydrogens (tertiary/aromatic N) is 3. The molecule has 0 aliphatic carbocycles. The fourth-order valence-corrected chi connectivity index (χ4v) is 5.87. The molecule has 0 saturated carbocycles. The first-order chi connectivity index (χ1) is 18.0. The topological polar surface area (TPSA) is 36.0 Å². The standard InChI is InChI=1S/C28H34ClF4N3O2/c1-19(37)6-9-27(35-10-12-38-13-11-35)36-17-23(21-4-3-5-22(29)15-21)26(18-36)34(2)16-20-7-8-24(25(30)14-20)28(31,32)33/h3-5,7-8,14-15,23,26-27H,6,9-13,16-18H2,1-2H3/t23-,26-,27?/m1/s1. The van der Waals surface area contributed by atoms with Crippen LogP contribution in [0.3, 0.4) is 0 Å². The third-order valence-electron chi connectivity index (χ3n) is 7.57. The molecular formula is C28H34ClF4N3O2. The summed E-state index contributed by atoms with van der Waals surface area (Å²) in [7, 11) is 1.92. The summed E-state index contributed by atoms with van der Waals surface area (Å²) in [5.41, 5.74) is 0.289. The molecule has 1 unspecified atom stereocenters. The van der Waals surface area contributed by atoms with E-state index in [2.05, 4.69) is 14.7 Å². The molecule has 5 nitrogen and oxygen atoms in total. The van der Waals surface area contributed by atoms with Crippen LogP contribution in [0.5, 0.6) is 0 Å². The number of hydrogen-bond acceptors (Lipinski definition) is 5. The number of ketones is 1. The Morgan fingerprint density at radius 2 is 1.87 bits per heavy atom. The van der Waals surface area contributed by atoms with E-state index >= 15 is 0 Å². The summed E-state index contributed by atoms with van der Waals surface area (Å²) in [6, 6.07) is 10.9. The number of likely N-dealkylation sites (N-methyl/N-ethyl adjacent to an activating group) is 1. The Hall–Kier alpha value is -2.04. The van der Waals surface area contributed by atoms with Crippen molar-refractivity contribution in [3.8, 4) is 0 Å².